The van der Waals surface area contributed by atoms with E-state index in [1.54, 1.807) is 4.90 Å². The first-order chi connectivity index (χ1) is 14.6. The minimum atomic E-state index is -0.837. The van der Waals surface area contributed by atoms with Crippen LogP contribution in [0.25, 0.3) is 11.1 Å². The van der Waals surface area contributed by atoms with Gasteiger partial charge in [0.05, 0.1) is 6.04 Å². The zero-order valence-electron chi connectivity index (χ0n) is 17.2. The maximum Gasteiger partial charge on any atom is 0.407 e. The zero-order chi connectivity index (χ0) is 20.9. The molecule has 1 fully saturated rings. The van der Waals surface area contributed by atoms with Crippen LogP contribution in [0.5, 0.6) is 0 Å². The van der Waals surface area contributed by atoms with Crippen LogP contribution in [-0.4, -0.2) is 34.7 Å². The molecule has 0 spiro atoms. The van der Waals surface area contributed by atoms with Crippen molar-refractivity contribution in [2.75, 3.05) is 6.54 Å². The predicted molar refractivity (Wildman–Crippen MR) is 120 cm³/mol. The van der Waals surface area contributed by atoms with Crippen LogP contribution in [-0.2, 0) is 6.42 Å². The monoisotopic (exact) mass is 400 g/mol. The van der Waals surface area contributed by atoms with Gasteiger partial charge in [-0.3, -0.25) is 0 Å². The zero-order valence-corrected chi connectivity index (χ0v) is 17.2. The highest BCUT2D eigenvalue weighted by Gasteiger charge is 2.37. The molecule has 4 nitrogen and oxygen atoms in total. The summed E-state index contributed by atoms with van der Waals surface area (Å²) in [6, 6.07) is 29.3. The highest BCUT2D eigenvalue weighted by molar-refractivity contribution is 5.66. The van der Waals surface area contributed by atoms with E-state index in [1.165, 1.54) is 11.1 Å². The Morgan fingerprint density at radius 1 is 1.00 bits per heavy atom. The molecule has 30 heavy (non-hydrogen) atoms. The molecule has 0 saturated carbocycles. The van der Waals surface area contributed by atoms with E-state index in [-0.39, 0.29) is 18.1 Å². The van der Waals surface area contributed by atoms with Gasteiger partial charge in [0.2, 0.25) is 0 Å². The summed E-state index contributed by atoms with van der Waals surface area (Å²) >= 11 is 0. The van der Waals surface area contributed by atoms with Gasteiger partial charge in [-0.1, -0.05) is 84.9 Å². The Labute approximate surface area is 178 Å². The molecule has 0 bridgehead atoms. The van der Waals surface area contributed by atoms with Crippen LogP contribution in [0.15, 0.2) is 84.9 Å². The van der Waals surface area contributed by atoms with E-state index < -0.39 is 6.09 Å². The molecule has 1 heterocycles. The Morgan fingerprint density at radius 2 is 1.67 bits per heavy atom. The Bertz CT molecular complexity index is 975. The topological polar surface area (TPSA) is 52.6 Å². The van der Waals surface area contributed by atoms with E-state index in [9.17, 15) is 9.90 Å². The minimum Gasteiger partial charge on any atom is -0.465 e. The maximum absolute atomic E-state index is 11.9. The molecule has 1 aliphatic rings. The second-order valence-electron chi connectivity index (χ2n) is 8.01. The lowest BCUT2D eigenvalue weighted by molar-refractivity contribution is 0.136. The minimum absolute atomic E-state index is 0.0836. The Kier molecular flexibility index (Phi) is 6.15. The van der Waals surface area contributed by atoms with Crippen molar-refractivity contribution in [2.45, 2.75) is 37.9 Å². The molecule has 4 heteroatoms. The first-order valence-corrected chi connectivity index (χ1v) is 10.6. The summed E-state index contributed by atoms with van der Waals surface area (Å²) < 4.78 is 0. The number of benzene rings is 3. The number of rotatable bonds is 6. The fourth-order valence-electron chi connectivity index (χ4n) is 4.45. The van der Waals surface area contributed by atoms with Crippen molar-refractivity contribution in [1.82, 2.24) is 10.2 Å². The molecule has 3 atom stereocenters. The first-order valence-electron chi connectivity index (χ1n) is 10.6. The van der Waals surface area contributed by atoms with Crippen LogP contribution in [0, 0.1) is 0 Å². The average Bonchev–Trinajstić information content (AvgIpc) is 3.17. The van der Waals surface area contributed by atoms with Crippen molar-refractivity contribution in [2.24, 2.45) is 0 Å². The predicted octanol–water partition coefficient (Wildman–Crippen LogP) is 5.37. The number of hydrogen-bond donors (Lipinski definition) is 2. The number of carboxylic acid groups (broad SMARTS) is 1. The Balaban J connectivity index is 1.54. The van der Waals surface area contributed by atoms with E-state index in [0.717, 1.165) is 17.5 Å². The lowest BCUT2D eigenvalue weighted by atomic mass is 9.96. The number of hydrogen-bond acceptors (Lipinski definition) is 2. The van der Waals surface area contributed by atoms with Gasteiger partial charge in [0.25, 0.3) is 0 Å². The molecule has 1 saturated heterocycles. The lowest BCUT2D eigenvalue weighted by Gasteiger charge is -2.29. The summed E-state index contributed by atoms with van der Waals surface area (Å²) in [6.07, 6.45) is 0.689. The van der Waals surface area contributed by atoms with Crippen molar-refractivity contribution in [3.63, 3.8) is 0 Å². The van der Waals surface area contributed by atoms with Crippen molar-refractivity contribution >= 4 is 6.09 Å². The fourth-order valence-corrected chi connectivity index (χ4v) is 4.45. The molecule has 0 aliphatic carbocycles. The second kappa shape index (κ2) is 9.14. The highest BCUT2D eigenvalue weighted by atomic mass is 16.4. The molecule has 0 radical (unpaired) electrons. The summed E-state index contributed by atoms with van der Waals surface area (Å²) in [5.41, 5.74) is 4.72. The van der Waals surface area contributed by atoms with E-state index in [4.69, 9.17) is 0 Å². The molecular weight excluding hydrogens is 372 g/mol. The fraction of sp³-hybridized carbons (Fsp3) is 0.269. The highest BCUT2D eigenvalue weighted by Crippen LogP contribution is 2.27. The van der Waals surface area contributed by atoms with Gasteiger partial charge in [-0.05, 0) is 42.0 Å². The van der Waals surface area contributed by atoms with Gasteiger partial charge < -0.3 is 15.3 Å². The second-order valence-corrected chi connectivity index (χ2v) is 8.01. The van der Waals surface area contributed by atoms with Crippen molar-refractivity contribution < 1.29 is 9.90 Å². The molecule has 154 valence electrons. The van der Waals surface area contributed by atoms with E-state index in [1.807, 2.05) is 36.4 Å². The van der Waals surface area contributed by atoms with Crippen molar-refractivity contribution in [1.29, 1.82) is 0 Å². The average molecular weight is 401 g/mol. The van der Waals surface area contributed by atoms with Gasteiger partial charge in [-0.15, -0.1) is 0 Å². The van der Waals surface area contributed by atoms with Crippen LogP contribution in [0.4, 0.5) is 4.79 Å². The molecule has 0 aromatic heterocycles. The lowest BCUT2D eigenvalue weighted by Crippen LogP contribution is -2.46. The van der Waals surface area contributed by atoms with Crippen LogP contribution in [0.1, 0.15) is 30.5 Å². The third-order valence-corrected chi connectivity index (χ3v) is 6.03. The van der Waals surface area contributed by atoms with Gasteiger partial charge >= 0.3 is 6.09 Å². The summed E-state index contributed by atoms with van der Waals surface area (Å²) in [4.78, 5) is 13.5. The molecule has 1 aliphatic heterocycles. The van der Waals surface area contributed by atoms with Gasteiger partial charge in [0.15, 0.2) is 0 Å². The SMILES string of the molecule is CC(NC1CCN(C(=O)O)C1Cc1cccc(-c2ccccc2)c1)c1ccccc1. The molecule has 1 amide bonds. The van der Waals surface area contributed by atoms with Gasteiger partial charge in [0, 0.05) is 18.6 Å². The van der Waals surface area contributed by atoms with E-state index >= 15 is 0 Å². The summed E-state index contributed by atoms with van der Waals surface area (Å²) in [6.45, 7) is 2.71. The van der Waals surface area contributed by atoms with Crippen molar-refractivity contribution in [3.8, 4) is 11.1 Å². The molecule has 3 unspecified atom stereocenters. The van der Waals surface area contributed by atoms with Crippen LogP contribution in [0.2, 0.25) is 0 Å². The molecular formula is C26H28N2O2. The quantitative estimate of drug-likeness (QED) is 0.585. The molecule has 2 N–H and O–H groups in total. The van der Waals surface area contributed by atoms with E-state index in [0.29, 0.717) is 13.0 Å². The van der Waals surface area contributed by atoms with Crippen LogP contribution < -0.4 is 5.32 Å². The normalized spacial score (nSPS) is 19.6. The third-order valence-electron chi connectivity index (χ3n) is 6.03. The first kappa shape index (κ1) is 20.2. The molecule has 4 rings (SSSR count). The summed E-state index contributed by atoms with van der Waals surface area (Å²) in [5.74, 6) is 0. The van der Waals surface area contributed by atoms with E-state index in [2.05, 4.69) is 60.8 Å². The van der Waals surface area contributed by atoms with Gasteiger partial charge in [-0.25, -0.2) is 4.79 Å². The largest absolute Gasteiger partial charge is 0.465 e. The van der Waals surface area contributed by atoms with Gasteiger partial charge in [-0.2, -0.15) is 0 Å². The number of nitrogens with one attached hydrogen (secondary N) is 1. The van der Waals surface area contributed by atoms with Crippen LogP contribution in [0.3, 0.4) is 0 Å². The van der Waals surface area contributed by atoms with Crippen molar-refractivity contribution in [3.05, 3.63) is 96.1 Å². The summed E-state index contributed by atoms with van der Waals surface area (Å²) in [7, 11) is 0. The molecule has 3 aromatic carbocycles. The Morgan fingerprint density at radius 3 is 2.37 bits per heavy atom. The van der Waals surface area contributed by atoms with Gasteiger partial charge in [0.1, 0.15) is 0 Å². The Hall–Kier alpha value is -3.11. The van der Waals surface area contributed by atoms with Crippen LogP contribution >= 0.6 is 0 Å². The number of nitrogens with zero attached hydrogens (tertiary/aromatic N) is 1. The number of likely N-dealkylation sites (tertiary alicyclic amines) is 1. The number of amides is 1. The third kappa shape index (κ3) is 4.55. The summed E-state index contributed by atoms with van der Waals surface area (Å²) in [5, 5.41) is 13.5. The maximum atomic E-state index is 11.9. The standard InChI is InChI=1S/C26H28N2O2/c1-19(21-10-4-2-5-11-21)27-24-15-16-28(26(29)30)25(24)18-20-9-8-14-23(17-20)22-12-6-3-7-13-22/h2-14,17,19,24-25,27H,15-16,18H2,1H3,(H,29,30). The smallest absolute Gasteiger partial charge is 0.407 e. The molecule has 3 aromatic rings. The number of carbonyl (C=O) groups is 1.